The van der Waals surface area contributed by atoms with Crippen molar-refractivity contribution in [2.75, 3.05) is 10.6 Å². The van der Waals surface area contributed by atoms with E-state index in [4.69, 9.17) is 12.2 Å². The predicted octanol–water partition coefficient (Wildman–Crippen LogP) is 4.97. The number of benzene rings is 3. The van der Waals surface area contributed by atoms with Crippen LogP contribution in [-0.2, 0) is 0 Å². The molecule has 3 aromatic rings. The molecule has 0 radical (unpaired) electrons. The lowest BCUT2D eigenvalue weighted by molar-refractivity contribution is 0.0975. The van der Waals surface area contributed by atoms with Gasteiger partial charge in [0.05, 0.1) is 5.56 Å². The SMILES string of the molecule is O=C(Nc1ccc(F)cc1)c1cccc(NC(=S)NC(=O)c2ccccc2Br)c1. The number of carbonyl (C=O) groups excluding carboxylic acids is 2. The molecule has 0 aliphatic carbocycles. The maximum absolute atomic E-state index is 13.0. The zero-order valence-electron chi connectivity index (χ0n) is 14.9. The van der Waals surface area contributed by atoms with Crippen molar-refractivity contribution in [2.45, 2.75) is 0 Å². The second-order valence-corrected chi connectivity index (χ2v) is 7.19. The van der Waals surface area contributed by atoms with E-state index in [0.717, 1.165) is 0 Å². The summed E-state index contributed by atoms with van der Waals surface area (Å²) in [4.78, 5) is 24.7. The van der Waals surface area contributed by atoms with E-state index in [0.29, 0.717) is 27.0 Å². The maximum atomic E-state index is 13.0. The summed E-state index contributed by atoms with van der Waals surface area (Å²) >= 11 is 8.51. The van der Waals surface area contributed by atoms with Crippen LogP contribution < -0.4 is 16.0 Å². The molecule has 0 atom stereocenters. The van der Waals surface area contributed by atoms with E-state index in [-0.39, 0.29) is 22.7 Å². The minimum absolute atomic E-state index is 0.0989. The molecule has 146 valence electrons. The largest absolute Gasteiger partial charge is 0.332 e. The van der Waals surface area contributed by atoms with Gasteiger partial charge in [-0.1, -0.05) is 18.2 Å². The molecule has 3 rings (SSSR count). The Kier molecular flexibility index (Phi) is 6.69. The number of carbonyl (C=O) groups is 2. The van der Waals surface area contributed by atoms with Crippen molar-refractivity contribution < 1.29 is 14.0 Å². The number of amides is 2. The van der Waals surface area contributed by atoms with E-state index in [9.17, 15) is 14.0 Å². The summed E-state index contributed by atoms with van der Waals surface area (Å²) in [5.41, 5.74) is 1.84. The van der Waals surface area contributed by atoms with Crippen LogP contribution in [0.4, 0.5) is 15.8 Å². The van der Waals surface area contributed by atoms with Gasteiger partial charge in [-0.3, -0.25) is 14.9 Å². The number of rotatable bonds is 4. The van der Waals surface area contributed by atoms with Crippen LogP contribution in [0.5, 0.6) is 0 Å². The van der Waals surface area contributed by atoms with Crippen molar-refractivity contribution in [2.24, 2.45) is 0 Å². The standard InChI is InChI=1S/C21H15BrFN3O2S/c22-18-7-2-1-6-17(18)20(28)26-21(29)25-16-5-3-4-13(12-16)19(27)24-15-10-8-14(23)9-11-15/h1-12H,(H,24,27)(H2,25,26,28,29). The van der Waals surface area contributed by atoms with Gasteiger partial charge in [0.25, 0.3) is 11.8 Å². The average Bonchev–Trinajstić information content (AvgIpc) is 2.70. The van der Waals surface area contributed by atoms with Gasteiger partial charge in [0.15, 0.2) is 5.11 Å². The lowest BCUT2D eigenvalue weighted by Crippen LogP contribution is -2.34. The third-order valence-corrected chi connectivity index (χ3v) is 4.73. The summed E-state index contributed by atoms with van der Waals surface area (Å²) in [6.45, 7) is 0. The summed E-state index contributed by atoms with van der Waals surface area (Å²) in [5, 5.41) is 8.26. The van der Waals surface area contributed by atoms with Gasteiger partial charge >= 0.3 is 0 Å². The van der Waals surface area contributed by atoms with Crippen LogP contribution in [-0.4, -0.2) is 16.9 Å². The molecule has 0 saturated carbocycles. The Balaban J connectivity index is 1.63. The van der Waals surface area contributed by atoms with Crippen molar-refractivity contribution in [3.63, 3.8) is 0 Å². The molecule has 0 aliphatic rings. The fourth-order valence-electron chi connectivity index (χ4n) is 2.45. The van der Waals surface area contributed by atoms with Gasteiger partial charge in [-0.05, 0) is 82.7 Å². The second kappa shape index (κ2) is 9.40. The summed E-state index contributed by atoms with van der Waals surface area (Å²) in [7, 11) is 0. The molecule has 0 heterocycles. The van der Waals surface area contributed by atoms with Crippen molar-refractivity contribution in [1.82, 2.24) is 5.32 Å². The van der Waals surface area contributed by atoms with Crippen molar-refractivity contribution in [3.05, 3.63) is 94.2 Å². The lowest BCUT2D eigenvalue weighted by Gasteiger charge is -2.11. The number of hydrogen-bond donors (Lipinski definition) is 3. The van der Waals surface area contributed by atoms with E-state index in [1.54, 1.807) is 48.5 Å². The topological polar surface area (TPSA) is 70.2 Å². The van der Waals surface area contributed by atoms with Gasteiger partial charge in [0.2, 0.25) is 0 Å². The van der Waals surface area contributed by atoms with Crippen LogP contribution in [0.25, 0.3) is 0 Å². The fourth-order valence-corrected chi connectivity index (χ4v) is 3.13. The highest BCUT2D eigenvalue weighted by molar-refractivity contribution is 9.10. The van der Waals surface area contributed by atoms with Gasteiger partial charge < -0.3 is 10.6 Å². The van der Waals surface area contributed by atoms with E-state index in [1.807, 2.05) is 0 Å². The number of halogens is 2. The molecule has 3 aromatic carbocycles. The average molecular weight is 472 g/mol. The van der Waals surface area contributed by atoms with Crippen LogP contribution in [0.2, 0.25) is 0 Å². The van der Waals surface area contributed by atoms with Crippen LogP contribution in [0, 0.1) is 5.82 Å². The van der Waals surface area contributed by atoms with E-state index >= 15 is 0 Å². The maximum Gasteiger partial charge on any atom is 0.258 e. The molecule has 0 unspecified atom stereocenters. The van der Waals surface area contributed by atoms with Gasteiger partial charge in [-0.2, -0.15) is 0 Å². The van der Waals surface area contributed by atoms with Crippen molar-refractivity contribution in [3.8, 4) is 0 Å². The van der Waals surface area contributed by atoms with E-state index in [1.165, 1.54) is 24.3 Å². The molecule has 0 aromatic heterocycles. The lowest BCUT2D eigenvalue weighted by atomic mass is 10.2. The Morgan fingerprint density at radius 3 is 2.28 bits per heavy atom. The Morgan fingerprint density at radius 2 is 1.55 bits per heavy atom. The first kappa shape index (κ1) is 20.6. The molecule has 8 heteroatoms. The summed E-state index contributed by atoms with van der Waals surface area (Å²) < 4.78 is 13.6. The van der Waals surface area contributed by atoms with Gasteiger partial charge in [-0.25, -0.2) is 4.39 Å². The minimum Gasteiger partial charge on any atom is -0.332 e. The van der Waals surface area contributed by atoms with Crippen molar-refractivity contribution >= 4 is 56.4 Å². The highest BCUT2D eigenvalue weighted by Gasteiger charge is 2.12. The molecular weight excluding hydrogens is 457 g/mol. The second-order valence-electron chi connectivity index (χ2n) is 5.93. The molecule has 0 bridgehead atoms. The van der Waals surface area contributed by atoms with Crippen molar-refractivity contribution in [1.29, 1.82) is 0 Å². The molecule has 0 aliphatic heterocycles. The molecular formula is C21H15BrFN3O2S. The van der Waals surface area contributed by atoms with Crippen LogP contribution in [0.1, 0.15) is 20.7 Å². The van der Waals surface area contributed by atoms with Gasteiger partial charge in [0, 0.05) is 21.4 Å². The molecule has 0 fully saturated rings. The number of anilines is 2. The van der Waals surface area contributed by atoms with Crippen LogP contribution in [0.3, 0.4) is 0 Å². The molecule has 2 amide bonds. The molecule has 0 saturated heterocycles. The monoisotopic (exact) mass is 471 g/mol. The Hall–Kier alpha value is -3.10. The quantitative estimate of drug-likeness (QED) is 0.470. The minimum atomic E-state index is -0.382. The summed E-state index contributed by atoms with van der Waals surface area (Å²) in [6.07, 6.45) is 0. The Morgan fingerprint density at radius 1 is 0.828 bits per heavy atom. The molecule has 0 spiro atoms. The number of hydrogen-bond acceptors (Lipinski definition) is 3. The first-order valence-electron chi connectivity index (χ1n) is 8.46. The molecule has 3 N–H and O–H groups in total. The highest BCUT2D eigenvalue weighted by Crippen LogP contribution is 2.16. The number of thiocarbonyl (C=S) groups is 1. The first-order chi connectivity index (χ1) is 13.9. The van der Waals surface area contributed by atoms with Gasteiger partial charge in [0.1, 0.15) is 5.82 Å². The highest BCUT2D eigenvalue weighted by atomic mass is 79.9. The molecule has 5 nitrogen and oxygen atoms in total. The fraction of sp³-hybridized carbons (Fsp3) is 0. The normalized spacial score (nSPS) is 10.1. The number of nitrogens with one attached hydrogen (secondary N) is 3. The van der Waals surface area contributed by atoms with E-state index < -0.39 is 0 Å². The van der Waals surface area contributed by atoms with Gasteiger partial charge in [-0.15, -0.1) is 0 Å². The third kappa shape index (κ3) is 5.69. The van der Waals surface area contributed by atoms with E-state index in [2.05, 4.69) is 31.9 Å². The third-order valence-electron chi connectivity index (χ3n) is 3.83. The zero-order valence-corrected chi connectivity index (χ0v) is 17.3. The summed E-state index contributed by atoms with van der Waals surface area (Å²) in [5.74, 6) is -1.10. The molecule has 29 heavy (non-hydrogen) atoms. The smallest absolute Gasteiger partial charge is 0.258 e. The summed E-state index contributed by atoms with van der Waals surface area (Å²) in [6, 6.07) is 19.1. The van der Waals surface area contributed by atoms with Crippen LogP contribution >= 0.6 is 28.1 Å². The Bertz CT molecular complexity index is 1070. The zero-order chi connectivity index (χ0) is 20.8. The first-order valence-corrected chi connectivity index (χ1v) is 9.66. The van der Waals surface area contributed by atoms with Crippen LogP contribution in [0.15, 0.2) is 77.3 Å². The Labute approximate surface area is 180 Å². The predicted molar refractivity (Wildman–Crippen MR) is 119 cm³/mol.